The second-order valence-corrected chi connectivity index (χ2v) is 5.68. The number of carbonyl (C=O) groups is 1. The predicted octanol–water partition coefficient (Wildman–Crippen LogP) is 2.88. The molecule has 0 heterocycles. The molecule has 1 aromatic rings. The first-order chi connectivity index (χ1) is 10.3. The Bertz CT molecular complexity index is 371. The minimum Gasteiger partial charge on any atom is -1.00 e. The van der Waals surface area contributed by atoms with Gasteiger partial charge in [-0.1, -0.05) is 82.9 Å². The van der Waals surface area contributed by atoms with Gasteiger partial charge in [-0.25, -0.2) is 4.79 Å². The molecule has 2 nitrogen and oxygen atoms in total. The third kappa shape index (κ3) is 11.3. The minimum atomic E-state index is -0.202. The summed E-state index contributed by atoms with van der Waals surface area (Å²) < 4.78 is 5.26. The van der Waals surface area contributed by atoms with E-state index < -0.39 is 0 Å². The van der Waals surface area contributed by atoms with Crippen molar-refractivity contribution in [3.05, 3.63) is 35.9 Å². The van der Waals surface area contributed by atoms with Gasteiger partial charge in [-0.3, -0.25) is 0 Å². The fraction of sp³-hybridized carbons (Fsp3) is 0.632. The molecule has 0 radical (unpaired) electrons. The maximum atomic E-state index is 11.7. The predicted molar refractivity (Wildman–Crippen MR) is 89.7 cm³/mol. The molecule has 0 spiro atoms. The van der Waals surface area contributed by atoms with Gasteiger partial charge in [0.25, 0.3) is 0 Å². The molecule has 0 aliphatic carbocycles. The number of rotatable bonds is 12. The molecule has 1 rings (SSSR count). The summed E-state index contributed by atoms with van der Waals surface area (Å²) in [6.45, 7) is 2.80. The Morgan fingerprint density at radius 1 is 0.864 bits per heavy atom. The van der Waals surface area contributed by atoms with E-state index in [1.807, 2.05) is 18.2 Å². The smallest absolute Gasteiger partial charge is 1.00 e. The standard InChI is InChI=1S/C19H30O2.Na.H/c1-2-3-4-5-6-7-8-9-10-14-17-21-19(20)18-15-12-11-13-16-18;;/h11-13,15-16H,2-10,14,17H2,1H3;;/q;+1;-1. The van der Waals surface area contributed by atoms with Crippen molar-refractivity contribution in [1.29, 1.82) is 0 Å². The van der Waals surface area contributed by atoms with Crippen LogP contribution in [0.25, 0.3) is 0 Å². The number of ether oxygens (including phenoxy) is 1. The van der Waals surface area contributed by atoms with Crippen molar-refractivity contribution in [3.8, 4) is 0 Å². The molecule has 0 N–H and O–H groups in total. The van der Waals surface area contributed by atoms with Crippen LogP contribution >= 0.6 is 0 Å². The van der Waals surface area contributed by atoms with E-state index in [1.165, 1.54) is 51.4 Å². The minimum absolute atomic E-state index is 0. The van der Waals surface area contributed by atoms with E-state index in [0.29, 0.717) is 12.2 Å². The second-order valence-electron chi connectivity index (χ2n) is 5.68. The summed E-state index contributed by atoms with van der Waals surface area (Å²) in [6.07, 6.45) is 12.9. The second kappa shape index (κ2) is 15.6. The fourth-order valence-electron chi connectivity index (χ4n) is 2.41. The van der Waals surface area contributed by atoms with Crippen LogP contribution in [0.15, 0.2) is 30.3 Å². The molecular formula is C19H31NaO2. The van der Waals surface area contributed by atoms with Crippen LogP contribution in [0.3, 0.4) is 0 Å². The molecule has 0 saturated heterocycles. The molecule has 0 amide bonds. The van der Waals surface area contributed by atoms with Crippen molar-refractivity contribution in [2.24, 2.45) is 0 Å². The summed E-state index contributed by atoms with van der Waals surface area (Å²) in [5.74, 6) is -0.202. The van der Waals surface area contributed by atoms with Gasteiger partial charge in [0.1, 0.15) is 0 Å². The van der Waals surface area contributed by atoms with Crippen molar-refractivity contribution in [3.63, 3.8) is 0 Å². The van der Waals surface area contributed by atoms with E-state index >= 15 is 0 Å². The zero-order valence-electron chi connectivity index (χ0n) is 15.5. The average molecular weight is 314 g/mol. The first-order valence-electron chi connectivity index (χ1n) is 8.56. The molecule has 0 aromatic heterocycles. The Morgan fingerprint density at radius 3 is 1.91 bits per heavy atom. The van der Waals surface area contributed by atoms with Crippen LogP contribution in [0.1, 0.15) is 82.9 Å². The maximum Gasteiger partial charge on any atom is 1.00 e. The molecule has 120 valence electrons. The largest absolute Gasteiger partial charge is 1.00 e. The van der Waals surface area contributed by atoms with Crippen molar-refractivity contribution in [2.75, 3.05) is 6.61 Å². The molecular weight excluding hydrogens is 283 g/mol. The number of hydrogen-bond acceptors (Lipinski definition) is 2. The van der Waals surface area contributed by atoms with Gasteiger partial charge in [-0.2, -0.15) is 0 Å². The monoisotopic (exact) mass is 314 g/mol. The molecule has 1 aromatic carbocycles. The van der Waals surface area contributed by atoms with Crippen LogP contribution < -0.4 is 29.6 Å². The molecule has 22 heavy (non-hydrogen) atoms. The van der Waals surface area contributed by atoms with E-state index in [2.05, 4.69) is 6.92 Å². The Hall–Kier alpha value is -0.310. The van der Waals surface area contributed by atoms with Crippen molar-refractivity contribution in [1.82, 2.24) is 0 Å². The Labute approximate surface area is 159 Å². The quantitative estimate of drug-likeness (QED) is 0.337. The Kier molecular flexibility index (Phi) is 15.4. The molecule has 0 unspecified atom stereocenters. The number of esters is 1. The van der Waals surface area contributed by atoms with Gasteiger partial charge < -0.3 is 6.16 Å². The Balaban J connectivity index is 0. The van der Waals surface area contributed by atoms with Gasteiger partial charge in [0.05, 0.1) is 12.2 Å². The zero-order chi connectivity index (χ0) is 15.2. The molecule has 0 saturated carbocycles. The van der Waals surface area contributed by atoms with Crippen LogP contribution in [0.4, 0.5) is 0 Å². The third-order valence-corrected chi connectivity index (χ3v) is 3.74. The Morgan fingerprint density at radius 2 is 1.36 bits per heavy atom. The summed E-state index contributed by atoms with van der Waals surface area (Å²) in [6, 6.07) is 9.20. The van der Waals surface area contributed by atoms with Gasteiger partial charge >= 0.3 is 35.5 Å². The first-order valence-corrected chi connectivity index (χ1v) is 8.56. The normalized spacial score (nSPS) is 10.0. The van der Waals surface area contributed by atoms with Crippen LogP contribution in [-0.2, 0) is 4.74 Å². The summed E-state index contributed by atoms with van der Waals surface area (Å²) in [5.41, 5.74) is 0.643. The van der Waals surface area contributed by atoms with Gasteiger partial charge in [0.15, 0.2) is 0 Å². The summed E-state index contributed by atoms with van der Waals surface area (Å²) in [4.78, 5) is 11.7. The topological polar surface area (TPSA) is 26.3 Å². The SMILES string of the molecule is CCCCCCCCCCCCOC(=O)c1ccccc1.[H-].[Na+]. The first kappa shape index (κ1) is 21.7. The molecule has 0 atom stereocenters. The van der Waals surface area contributed by atoms with Crippen molar-refractivity contribution in [2.45, 2.75) is 71.1 Å². The zero-order valence-corrected chi connectivity index (χ0v) is 16.5. The number of hydrogen-bond donors (Lipinski definition) is 0. The van der Waals surface area contributed by atoms with Gasteiger partial charge in [-0.05, 0) is 18.6 Å². The van der Waals surface area contributed by atoms with E-state index in [9.17, 15) is 4.79 Å². The van der Waals surface area contributed by atoms with Crippen LogP contribution in [-0.4, -0.2) is 12.6 Å². The van der Waals surface area contributed by atoms with E-state index in [4.69, 9.17) is 4.74 Å². The fourth-order valence-corrected chi connectivity index (χ4v) is 2.41. The van der Waals surface area contributed by atoms with E-state index in [0.717, 1.165) is 12.8 Å². The third-order valence-electron chi connectivity index (χ3n) is 3.74. The van der Waals surface area contributed by atoms with Crippen LogP contribution in [0.5, 0.6) is 0 Å². The van der Waals surface area contributed by atoms with Gasteiger partial charge in [-0.15, -0.1) is 0 Å². The molecule has 0 aliphatic rings. The summed E-state index contributed by atoms with van der Waals surface area (Å²) in [5, 5.41) is 0. The molecule has 0 aliphatic heterocycles. The molecule has 0 fully saturated rings. The summed E-state index contributed by atoms with van der Waals surface area (Å²) in [7, 11) is 0. The number of unbranched alkanes of at least 4 members (excludes halogenated alkanes) is 9. The van der Waals surface area contributed by atoms with Crippen LogP contribution in [0.2, 0.25) is 0 Å². The number of carbonyl (C=O) groups excluding carboxylic acids is 1. The molecule has 3 heteroatoms. The van der Waals surface area contributed by atoms with Gasteiger partial charge in [0, 0.05) is 0 Å². The maximum absolute atomic E-state index is 11.7. The average Bonchev–Trinajstić information content (AvgIpc) is 2.53. The van der Waals surface area contributed by atoms with E-state index in [1.54, 1.807) is 12.1 Å². The van der Waals surface area contributed by atoms with E-state index in [-0.39, 0.29) is 37.0 Å². The van der Waals surface area contributed by atoms with Crippen molar-refractivity contribution >= 4 is 5.97 Å². The van der Waals surface area contributed by atoms with Crippen molar-refractivity contribution < 1.29 is 40.5 Å². The van der Waals surface area contributed by atoms with Crippen LogP contribution in [0, 0.1) is 0 Å². The van der Waals surface area contributed by atoms with Gasteiger partial charge in [0.2, 0.25) is 0 Å². The molecule has 0 bridgehead atoms. The summed E-state index contributed by atoms with van der Waals surface area (Å²) >= 11 is 0. The number of benzene rings is 1.